The first kappa shape index (κ1) is 17.4. The van der Waals surface area contributed by atoms with Gasteiger partial charge in [-0.25, -0.2) is 0 Å². The molecule has 0 bridgehead atoms. The maximum Gasteiger partial charge on any atom is 0.393 e. The molecule has 0 aromatic carbocycles. The van der Waals surface area contributed by atoms with E-state index >= 15 is 0 Å². The van der Waals surface area contributed by atoms with E-state index in [9.17, 15) is 18.0 Å². The number of carbonyl (C=O) groups is 1. The zero-order chi connectivity index (χ0) is 15.9. The first-order valence-corrected chi connectivity index (χ1v) is 9.63. The molecule has 0 aromatic rings. The molecular weight excluding hydrogens is 285 g/mol. The fourth-order valence-corrected chi connectivity index (χ4v) is 3.28. The van der Waals surface area contributed by atoms with Crippen molar-refractivity contribution < 1.29 is 22.4 Å². The molecule has 0 unspecified atom stereocenters. The van der Waals surface area contributed by atoms with Crippen LogP contribution in [0.4, 0.5) is 13.2 Å². The van der Waals surface area contributed by atoms with E-state index in [2.05, 4.69) is 20.8 Å². The first-order chi connectivity index (χ1) is 8.74. The number of ketones is 1. The van der Waals surface area contributed by atoms with E-state index in [1.54, 1.807) is 6.92 Å². The van der Waals surface area contributed by atoms with Crippen molar-refractivity contribution in [1.29, 1.82) is 0 Å². The van der Waals surface area contributed by atoms with Crippen LogP contribution >= 0.6 is 0 Å². The number of rotatable bonds is 3. The van der Waals surface area contributed by atoms with Crippen molar-refractivity contribution in [3.8, 4) is 0 Å². The van der Waals surface area contributed by atoms with E-state index in [-0.39, 0.29) is 17.0 Å². The zero-order valence-corrected chi connectivity index (χ0v) is 13.9. The van der Waals surface area contributed by atoms with E-state index in [1.165, 1.54) is 0 Å². The molecule has 0 N–H and O–H groups in total. The molecule has 0 amide bonds. The number of carbonyl (C=O) groups excluding carboxylic acids is 1. The summed E-state index contributed by atoms with van der Waals surface area (Å²) in [5, 5.41) is -0.0386. The molecule has 0 radical (unpaired) electrons. The van der Waals surface area contributed by atoms with Gasteiger partial charge in [0.25, 0.3) is 0 Å². The maximum atomic E-state index is 12.5. The lowest BCUT2D eigenvalue weighted by Crippen LogP contribution is -2.43. The van der Waals surface area contributed by atoms with Crippen molar-refractivity contribution >= 4 is 14.1 Å². The van der Waals surface area contributed by atoms with Crippen LogP contribution < -0.4 is 0 Å². The van der Waals surface area contributed by atoms with Crippen LogP contribution in [0.1, 0.15) is 40.5 Å². The molecule has 0 heterocycles. The van der Waals surface area contributed by atoms with Crippen molar-refractivity contribution in [1.82, 2.24) is 0 Å². The fraction of sp³-hybridized carbons (Fsp3) is 0.786. The van der Waals surface area contributed by atoms with Gasteiger partial charge in [0.2, 0.25) is 0 Å². The Labute approximate surface area is 119 Å². The van der Waals surface area contributed by atoms with Gasteiger partial charge < -0.3 is 4.43 Å². The third-order valence-electron chi connectivity index (χ3n) is 4.29. The molecule has 1 aliphatic rings. The molecule has 1 rings (SSSR count). The third-order valence-corrected chi connectivity index (χ3v) is 8.77. The normalized spacial score (nSPS) is 21.9. The number of alkyl halides is 3. The van der Waals surface area contributed by atoms with Gasteiger partial charge in [0.15, 0.2) is 14.1 Å². The summed E-state index contributed by atoms with van der Waals surface area (Å²) in [6, 6.07) is 0. The Balaban J connectivity index is 2.93. The second-order valence-electron chi connectivity index (χ2n) is 6.95. The topological polar surface area (TPSA) is 26.3 Å². The molecule has 6 heteroatoms. The predicted octanol–water partition coefficient (Wildman–Crippen LogP) is 4.62. The molecule has 0 fully saturated rings. The lowest BCUT2D eigenvalue weighted by molar-refractivity contribution is -0.133. The van der Waals surface area contributed by atoms with Crippen molar-refractivity contribution in [2.45, 2.75) is 70.9 Å². The van der Waals surface area contributed by atoms with Gasteiger partial charge in [-0.15, -0.1) is 0 Å². The highest BCUT2D eigenvalue weighted by atomic mass is 28.4. The molecule has 0 saturated heterocycles. The molecule has 2 nitrogen and oxygen atoms in total. The van der Waals surface area contributed by atoms with E-state index in [1.807, 2.05) is 13.1 Å². The summed E-state index contributed by atoms with van der Waals surface area (Å²) in [7, 11) is -2.10. The quantitative estimate of drug-likeness (QED) is 0.711. The van der Waals surface area contributed by atoms with E-state index in [0.29, 0.717) is 5.57 Å². The molecular formula is C14H23F3O2Si. The van der Waals surface area contributed by atoms with Crippen LogP contribution in [0.3, 0.4) is 0 Å². The summed E-state index contributed by atoms with van der Waals surface area (Å²) in [4.78, 5) is 11.8. The maximum absolute atomic E-state index is 12.5. The van der Waals surface area contributed by atoms with E-state index in [0.717, 1.165) is 0 Å². The molecule has 0 aromatic heterocycles. The summed E-state index contributed by atoms with van der Waals surface area (Å²) >= 11 is 0. The Kier molecular flexibility index (Phi) is 4.61. The van der Waals surface area contributed by atoms with Gasteiger partial charge in [0.05, 0.1) is 12.5 Å². The van der Waals surface area contributed by atoms with Crippen LogP contribution in [0.2, 0.25) is 18.1 Å². The summed E-state index contributed by atoms with van der Waals surface area (Å²) in [5.41, 5.74) is 0.346. The Bertz CT molecular complexity index is 431. The van der Waals surface area contributed by atoms with Crippen molar-refractivity contribution in [3.05, 3.63) is 11.1 Å². The number of halogens is 3. The molecule has 1 atom stereocenters. The monoisotopic (exact) mass is 308 g/mol. The summed E-state index contributed by atoms with van der Waals surface area (Å²) in [6.45, 7) is 11.8. The van der Waals surface area contributed by atoms with E-state index < -0.39 is 32.8 Å². The molecule has 20 heavy (non-hydrogen) atoms. The Morgan fingerprint density at radius 3 is 2.15 bits per heavy atom. The highest BCUT2D eigenvalue weighted by Gasteiger charge is 2.43. The van der Waals surface area contributed by atoms with Crippen molar-refractivity contribution in [2.24, 2.45) is 0 Å². The van der Waals surface area contributed by atoms with Gasteiger partial charge in [-0.2, -0.15) is 13.2 Å². The van der Waals surface area contributed by atoms with Crippen LogP contribution in [-0.2, 0) is 9.22 Å². The molecule has 0 aliphatic heterocycles. The van der Waals surface area contributed by atoms with Crippen LogP contribution in [-0.4, -0.2) is 26.4 Å². The van der Waals surface area contributed by atoms with Crippen molar-refractivity contribution in [3.63, 3.8) is 0 Å². The average Bonchev–Trinajstić information content (AvgIpc) is 2.41. The number of Topliss-reactive ketones (excluding diaryl/α,β-unsaturated/α-hetero) is 1. The minimum absolute atomic E-state index is 0.0386. The second kappa shape index (κ2) is 5.29. The summed E-state index contributed by atoms with van der Waals surface area (Å²) in [5.74, 6) is -0.427. The Morgan fingerprint density at radius 1 is 1.25 bits per heavy atom. The summed E-state index contributed by atoms with van der Waals surface area (Å²) in [6.07, 6.45) is -5.93. The number of allylic oxidation sites excluding steroid dienone is 1. The smallest absolute Gasteiger partial charge is 0.393 e. The van der Waals surface area contributed by atoms with Crippen LogP contribution in [0.5, 0.6) is 0 Å². The van der Waals surface area contributed by atoms with Gasteiger partial charge in [-0.1, -0.05) is 20.8 Å². The van der Waals surface area contributed by atoms with E-state index in [4.69, 9.17) is 4.43 Å². The standard InChI is InChI=1S/C14H23F3O2Si/c1-9-10(8-14(15,16)17)11(18)7-12(9)19-20(5,6)13(2,3)4/h12H,7-8H2,1-6H3/t12-/m0/s1. The lowest BCUT2D eigenvalue weighted by Gasteiger charge is -2.38. The minimum Gasteiger partial charge on any atom is -0.410 e. The first-order valence-electron chi connectivity index (χ1n) is 6.72. The third kappa shape index (κ3) is 3.94. The number of hydrogen-bond acceptors (Lipinski definition) is 2. The van der Waals surface area contributed by atoms with Gasteiger partial charge in [0.1, 0.15) is 0 Å². The lowest BCUT2D eigenvalue weighted by atomic mass is 10.1. The highest BCUT2D eigenvalue weighted by Crippen LogP contribution is 2.41. The fourth-order valence-electron chi connectivity index (χ4n) is 1.96. The van der Waals surface area contributed by atoms with Crippen LogP contribution in [0.15, 0.2) is 11.1 Å². The molecule has 1 aliphatic carbocycles. The van der Waals surface area contributed by atoms with Crippen LogP contribution in [0.25, 0.3) is 0 Å². The highest BCUT2D eigenvalue weighted by molar-refractivity contribution is 6.74. The predicted molar refractivity (Wildman–Crippen MR) is 75.1 cm³/mol. The second-order valence-corrected chi connectivity index (χ2v) is 11.7. The zero-order valence-electron chi connectivity index (χ0n) is 12.9. The molecule has 0 spiro atoms. The van der Waals surface area contributed by atoms with Gasteiger partial charge in [-0.3, -0.25) is 4.79 Å². The van der Waals surface area contributed by atoms with Crippen LogP contribution in [0, 0.1) is 0 Å². The van der Waals surface area contributed by atoms with Gasteiger partial charge in [0, 0.05) is 12.0 Å². The SMILES string of the molecule is CC1=C(CC(F)(F)F)C(=O)C[C@@H]1O[Si](C)(C)C(C)(C)C. The van der Waals surface area contributed by atoms with Crippen molar-refractivity contribution in [2.75, 3.05) is 0 Å². The minimum atomic E-state index is -4.35. The largest absolute Gasteiger partial charge is 0.410 e. The number of hydrogen-bond donors (Lipinski definition) is 0. The molecule has 0 saturated carbocycles. The Morgan fingerprint density at radius 2 is 1.75 bits per heavy atom. The Hall–Kier alpha value is -0.623. The summed E-state index contributed by atoms with van der Waals surface area (Å²) < 4.78 is 43.6. The van der Waals surface area contributed by atoms with Gasteiger partial charge >= 0.3 is 6.18 Å². The molecule has 116 valence electrons. The van der Waals surface area contributed by atoms with Gasteiger partial charge in [-0.05, 0) is 30.6 Å². The average molecular weight is 308 g/mol.